The van der Waals surface area contributed by atoms with Gasteiger partial charge < -0.3 is 9.84 Å². The number of aliphatic carboxylic acids is 1. The van der Waals surface area contributed by atoms with Crippen LogP contribution in [0.4, 0.5) is 0 Å². The third kappa shape index (κ3) is 4.18. The molecule has 6 heteroatoms. The summed E-state index contributed by atoms with van der Waals surface area (Å²) in [6.45, 7) is 0. The van der Waals surface area contributed by atoms with Crippen LogP contribution in [0.5, 0.6) is 11.5 Å². The molecule has 1 aromatic heterocycles. The van der Waals surface area contributed by atoms with E-state index >= 15 is 0 Å². The number of hydrogen-bond donors (Lipinski definition) is 1. The van der Waals surface area contributed by atoms with E-state index in [0.717, 1.165) is 26.5 Å². The van der Waals surface area contributed by atoms with Crippen LogP contribution in [-0.2, 0) is 11.2 Å². The predicted octanol–water partition coefficient (Wildman–Crippen LogP) is 4.99. The molecular weight excluding hydrogens is 378 g/mol. The van der Waals surface area contributed by atoms with Gasteiger partial charge in [0.2, 0.25) is 0 Å². The van der Waals surface area contributed by atoms with Crippen LogP contribution in [0.25, 0.3) is 10.6 Å². The number of nitrogens with zero attached hydrogens (tertiary/aromatic N) is 1. The molecule has 0 radical (unpaired) electrons. The van der Waals surface area contributed by atoms with Crippen molar-refractivity contribution in [2.24, 2.45) is 0 Å². The van der Waals surface area contributed by atoms with Gasteiger partial charge in [-0.15, -0.1) is 11.3 Å². The van der Waals surface area contributed by atoms with Crippen LogP contribution in [0.15, 0.2) is 58.4 Å². The minimum Gasteiger partial charge on any atom is -0.481 e. The smallest absolute Gasteiger partial charge is 0.309 e. The standard InChI is InChI=1S/C17H12BrNO3S/c18-12-3-7-15(8-4-12)22-14-5-1-11(2-6-14)17-19-13(10-23-17)9-16(20)21/h1-8,10H,9H2,(H,20,21). The summed E-state index contributed by atoms with van der Waals surface area (Å²) in [5.41, 5.74) is 1.52. The van der Waals surface area contributed by atoms with Gasteiger partial charge in [-0.2, -0.15) is 0 Å². The number of thiazole rings is 1. The average molecular weight is 390 g/mol. The van der Waals surface area contributed by atoms with Gasteiger partial charge in [-0.25, -0.2) is 4.98 Å². The van der Waals surface area contributed by atoms with Crippen molar-refractivity contribution in [3.05, 3.63) is 64.1 Å². The van der Waals surface area contributed by atoms with E-state index in [1.807, 2.05) is 48.5 Å². The number of carboxylic acids is 1. The predicted molar refractivity (Wildman–Crippen MR) is 93.1 cm³/mol. The van der Waals surface area contributed by atoms with Gasteiger partial charge in [0.05, 0.1) is 12.1 Å². The summed E-state index contributed by atoms with van der Waals surface area (Å²) in [5, 5.41) is 11.4. The highest BCUT2D eigenvalue weighted by molar-refractivity contribution is 9.10. The highest BCUT2D eigenvalue weighted by atomic mass is 79.9. The van der Waals surface area contributed by atoms with Gasteiger partial charge in [0.1, 0.15) is 16.5 Å². The first-order chi connectivity index (χ1) is 11.1. The number of carboxylic acid groups (broad SMARTS) is 1. The number of aromatic nitrogens is 1. The van der Waals surface area contributed by atoms with Crippen molar-refractivity contribution in [2.75, 3.05) is 0 Å². The molecule has 1 heterocycles. The summed E-state index contributed by atoms with van der Waals surface area (Å²) in [5.74, 6) is 0.623. The molecule has 0 spiro atoms. The third-order valence-electron chi connectivity index (χ3n) is 3.03. The van der Waals surface area contributed by atoms with E-state index in [0.29, 0.717) is 5.69 Å². The molecule has 1 N–H and O–H groups in total. The summed E-state index contributed by atoms with van der Waals surface area (Å²) in [6.07, 6.45) is -0.0543. The molecule has 3 aromatic rings. The minimum absolute atomic E-state index is 0.0543. The molecule has 0 aliphatic carbocycles. The maximum absolute atomic E-state index is 10.7. The van der Waals surface area contributed by atoms with Gasteiger partial charge in [0.25, 0.3) is 0 Å². The van der Waals surface area contributed by atoms with E-state index in [1.54, 1.807) is 5.38 Å². The molecule has 0 saturated heterocycles. The Labute approximate surface area is 145 Å². The number of hydrogen-bond acceptors (Lipinski definition) is 4. The lowest BCUT2D eigenvalue weighted by Crippen LogP contribution is -1.99. The summed E-state index contributed by atoms with van der Waals surface area (Å²) >= 11 is 4.82. The van der Waals surface area contributed by atoms with Gasteiger partial charge >= 0.3 is 5.97 Å². The quantitative estimate of drug-likeness (QED) is 0.667. The summed E-state index contributed by atoms with van der Waals surface area (Å²) in [7, 11) is 0. The molecule has 0 amide bonds. The second-order valence-corrected chi connectivity index (χ2v) is 6.57. The fourth-order valence-electron chi connectivity index (χ4n) is 1.98. The molecule has 0 saturated carbocycles. The number of rotatable bonds is 5. The average Bonchev–Trinajstić information content (AvgIpc) is 2.98. The van der Waals surface area contributed by atoms with Gasteiger partial charge in [0, 0.05) is 15.4 Å². The van der Waals surface area contributed by atoms with E-state index in [1.165, 1.54) is 11.3 Å². The first-order valence-electron chi connectivity index (χ1n) is 6.80. The Kier molecular flexibility index (Phi) is 4.73. The van der Waals surface area contributed by atoms with Crippen LogP contribution in [0.2, 0.25) is 0 Å². The monoisotopic (exact) mass is 389 g/mol. The molecule has 0 fully saturated rings. The van der Waals surface area contributed by atoms with Crippen molar-refractivity contribution in [3.8, 4) is 22.1 Å². The van der Waals surface area contributed by atoms with E-state index < -0.39 is 5.97 Å². The summed E-state index contributed by atoms with van der Waals surface area (Å²) in [6, 6.07) is 15.2. The van der Waals surface area contributed by atoms with Crippen LogP contribution in [0, 0.1) is 0 Å². The summed E-state index contributed by atoms with van der Waals surface area (Å²) < 4.78 is 6.77. The molecule has 23 heavy (non-hydrogen) atoms. The van der Waals surface area contributed by atoms with Crippen LogP contribution >= 0.6 is 27.3 Å². The number of halogens is 1. The molecular formula is C17H12BrNO3S. The van der Waals surface area contributed by atoms with Crippen molar-refractivity contribution < 1.29 is 14.6 Å². The molecule has 0 bridgehead atoms. The maximum Gasteiger partial charge on any atom is 0.309 e. The van der Waals surface area contributed by atoms with Gasteiger partial charge in [-0.05, 0) is 48.5 Å². The lowest BCUT2D eigenvalue weighted by molar-refractivity contribution is -0.136. The lowest BCUT2D eigenvalue weighted by Gasteiger charge is -2.06. The Hall–Kier alpha value is -2.18. The second kappa shape index (κ2) is 6.93. The minimum atomic E-state index is -0.875. The molecule has 2 aromatic carbocycles. The Morgan fingerprint density at radius 3 is 2.30 bits per heavy atom. The Bertz CT molecular complexity index is 813. The number of carbonyl (C=O) groups is 1. The maximum atomic E-state index is 10.7. The molecule has 3 rings (SSSR count). The summed E-state index contributed by atoms with van der Waals surface area (Å²) in [4.78, 5) is 15.0. The number of benzene rings is 2. The van der Waals surface area contributed by atoms with Crippen molar-refractivity contribution in [1.82, 2.24) is 4.98 Å². The zero-order valence-electron chi connectivity index (χ0n) is 11.9. The normalized spacial score (nSPS) is 10.5. The van der Waals surface area contributed by atoms with Crippen molar-refractivity contribution in [2.45, 2.75) is 6.42 Å². The molecule has 4 nitrogen and oxygen atoms in total. The number of ether oxygens (including phenoxy) is 1. The Morgan fingerprint density at radius 1 is 1.09 bits per heavy atom. The van der Waals surface area contributed by atoms with Crippen LogP contribution < -0.4 is 4.74 Å². The van der Waals surface area contributed by atoms with Crippen molar-refractivity contribution >= 4 is 33.2 Å². The van der Waals surface area contributed by atoms with Crippen LogP contribution in [-0.4, -0.2) is 16.1 Å². The van der Waals surface area contributed by atoms with E-state index in [4.69, 9.17) is 9.84 Å². The Morgan fingerprint density at radius 2 is 1.70 bits per heavy atom. The van der Waals surface area contributed by atoms with Crippen molar-refractivity contribution in [1.29, 1.82) is 0 Å². The van der Waals surface area contributed by atoms with Crippen molar-refractivity contribution in [3.63, 3.8) is 0 Å². The second-order valence-electron chi connectivity index (χ2n) is 4.79. The molecule has 0 atom stereocenters. The SMILES string of the molecule is O=C(O)Cc1csc(-c2ccc(Oc3ccc(Br)cc3)cc2)n1. The van der Waals surface area contributed by atoms with Crippen LogP contribution in [0.3, 0.4) is 0 Å². The molecule has 116 valence electrons. The highest BCUT2D eigenvalue weighted by Crippen LogP contribution is 2.28. The molecule has 0 aliphatic rings. The highest BCUT2D eigenvalue weighted by Gasteiger charge is 2.08. The zero-order chi connectivity index (χ0) is 16.2. The fourth-order valence-corrected chi connectivity index (χ4v) is 3.07. The largest absolute Gasteiger partial charge is 0.481 e. The van der Waals surface area contributed by atoms with Gasteiger partial charge in [0.15, 0.2) is 0 Å². The van der Waals surface area contributed by atoms with Crippen LogP contribution in [0.1, 0.15) is 5.69 Å². The molecule has 0 aliphatic heterocycles. The van der Waals surface area contributed by atoms with E-state index in [-0.39, 0.29) is 6.42 Å². The Balaban J connectivity index is 1.72. The fraction of sp³-hybridized carbons (Fsp3) is 0.0588. The third-order valence-corrected chi connectivity index (χ3v) is 4.50. The zero-order valence-corrected chi connectivity index (χ0v) is 14.3. The first-order valence-corrected chi connectivity index (χ1v) is 8.47. The van der Waals surface area contributed by atoms with Gasteiger partial charge in [-0.1, -0.05) is 15.9 Å². The van der Waals surface area contributed by atoms with E-state index in [2.05, 4.69) is 20.9 Å². The van der Waals surface area contributed by atoms with Gasteiger partial charge in [-0.3, -0.25) is 4.79 Å². The first kappa shape index (κ1) is 15.7. The lowest BCUT2D eigenvalue weighted by atomic mass is 10.2. The topological polar surface area (TPSA) is 59.4 Å². The molecule has 0 unspecified atom stereocenters. The van der Waals surface area contributed by atoms with E-state index in [9.17, 15) is 4.79 Å².